The van der Waals surface area contributed by atoms with E-state index in [1.165, 1.54) is 25.3 Å². The number of benzene rings is 1. The molecule has 2 rings (SSSR count). The second-order valence-corrected chi connectivity index (χ2v) is 6.04. The summed E-state index contributed by atoms with van der Waals surface area (Å²) in [4.78, 5) is 0. The van der Waals surface area contributed by atoms with E-state index in [1.807, 2.05) is 13.0 Å². The van der Waals surface area contributed by atoms with Gasteiger partial charge in [-0.05, 0) is 49.8 Å². The van der Waals surface area contributed by atoms with Crippen molar-refractivity contribution in [1.82, 2.24) is 5.32 Å². The van der Waals surface area contributed by atoms with Crippen molar-refractivity contribution in [3.63, 3.8) is 0 Å². The molecule has 0 saturated heterocycles. The molecule has 1 aliphatic carbocycles. The molecule has 3 heteroatoms. The van der Waals surface area contributed by atoms with Gasteiger partial charge in [0.25, 0.3) is 0 Å². The molecule has 0 heterocycles. The fourth-order valence-corrected chi connectivity index (χ4v) is 2.54. The molecule has 0 aromatic heterocycles. The Morgan fingerprint density at radius 3 is 2.76 bits per heavy atom. The van der Waals surface area contributed by atoms with Crippen molar-refractivity contribution >= 4 is 15.9 Å². The van der Waals surface area contributed by atoms with Crippen LogP contribution in [0, 0.1) is 11.2 Å². The van der Waals surface area contributed by atoms with Crippen LogP contribution >= 0.6 is 15.9 Å². The Labute approximate surface area is 111 Å². The average molecular weight is 300 g/mol. The van der Waals surface area contributed by atoms with Crippen molar-refractivity contribution in [2.75, 3.05) is 6.54 Å². The third-order valence-electron chi connectivity index (χ3n) is 3.91. The van der Waals surface area contributed by atoms with Gasteiger partial charge in [0.2, 0.25) is 0 Å². The van der Waals surface area contributed by atoms with E-state index < -0.39 is 0 Å². The predicted octanol–water partition coefficient (Wildman–Crippen LogP) is 4.43. The molecule has 1 N–H and O–H groups in total. The second-order valence-electron chi connectivity index (χ2n) is 5.12. The number of hydrogen-bond acceptors (Lipinski definition) is 1. The molecule has 1 saturated carbocycles. The van der Waals surface area contributed by atoms with Crippen molar-refractivity contribution in [2.45, 2.75) is 39.2 Å². The Morgan fingerprint density at radius 1 is 1.47 bits per heavy atom. The summed E-state index contributed by atoms with van der Waals surface area (Å²) in [6, 6.07) is 5.18. The van der Waals surface area contributed by atoms with Gasteiger partial charge in [-0.2, -0.15) is 0 Å². The predicted molar refractivity (Wildman–Crippen MR) is 72.5 cm³/mol. The highest BCUT2D eigenvalue weighted by Gasteiger charge is 2.40. The van der Waals surface area contributed by atoms with E-state index >= 15 is 0 Å². The summed E-state index contributed by atoms with van der Waals surface area (Å²) in [5, 5.41) is 3.46. The van der Waals surface area contributed by atoms with Crippen LogP contribution in [0.15, 0.2) is 22.7 Å². The fourth-order valence-electron chi connectivity index (χ4n) is 2.16. The van der Waals surface area contributed by atoms with Gasteiger partial charge in [0.1, 0.15) is 5.82 Å². The molecule has 0 spiro atoms. The Morgan fingerprint density at radius 2 is 2.18 bits per heavy atom. The van der Waals surface area contributed by atoms with Gasteiger partial charge in [-0.15, -0.1) is 0 Å². The zero-order valence-corrected chi connectivity index (χ0v) is 12.0. The van der Waals surface area contributed by atoms with Gasteiger partial charge in [0.05, 0.1) is 0 Å². The summed E-state index contributed by atoms with van der Waals surface area (Å²) in [6.45, 7) is 5.26. The molecule has 0 radical (unpaired) electrons. The minimum atomic E-state index is -0.130. The van der Waals surface area contributed by atoms with Crippen LogP contribution in [0.5, 0.6) is 0 Å². The molecule has 1 nitrogen and oxygen atoms in total. The Kier molecular flexibility index (Phi) is 3.88. The highest BCUT2D eigenvalue weighted by molar-refractivity contribution is 9.10. The first-order valence-corrected chi connectivity index (χ1v) is 7.04. The molecule has 1 aromatic rings. The van der Waals surface area contributed by atoms with E-state index in [9.17, 15) is 4.39 Å². The number of halogens is 2. The number of hydrogen-bond donors (Lipinski definition) is 1. The first kappa shape index (κ1) is 13.0. The van der Waals surface area contributed by atoms with Crippen LogP contribution in [0.1, 0.15) is 44.7 Å². The number of rotatable bonds is 5. The van der Waals surface area contributed by atoms with E-state index in [-0.39, 0.29) is 11.9 Å². The van der Waals surface area contributed by atoms with Crippen LogP contribution in [0.2, 0.25) is 0 Å². The van der Waals surface area contributed by atoms with E-state index in [2.05, 4.69) is 28.2 Å². The topological polar surface area (TPSA) is 12.0 Å². The lowest BCUT2D eigenvalue weighted by Gasteiger charge is -2.19. The van der Waals surface area contributed by atoms with Gasteiger partial charge in [0, 0.05) is 22.6 Å². The van der Waals surface area contributed by atoms with E-state index in [4.69, 9.17) is 0 Å². The van der Waals surface area contributed by atoms with Crippen LogP contribution in [0.3, 0.4) is 0 Å². The molecule has 1 aromatic carbocycles. The summed E-state index contributed by atoms with van der Waals surface area (Å²) in [5.41, 5.74) is 1.24. The van der Waals surface area contributed by atoms with E-state index in [0.717, 1.165) is 16.6 Å². The van der Waals surface area contributed by atoms with E-state index in [1.54, 1.807) is 6.07 Å². The SMILES string of the molecule is CCC1(CNC(C)c2cc(Br)ccc2F)CC1. The van der Waals surface area contributed by atoms with Crippen LogP contribution in [-0.4, -0.2) is 6.54 Å². The maximum absolute atomic E-state index is 13.7. The van der Waals surface area contributed by atoms with Gasteiger partial charge in [-0.25, -0.2) is 4.39 Å². The summed E-state index contributed by atoms with van der Waals surface area (Å²) >= 11 is 3.39. The van der Waals surface area contributed by atoms with Gasteiger partial charge >= 0.3 is 0 Å². The van der Waals surface area contributed by atoms with Crippen molar-refractivity contribution in [3.05, 3.63) is 34.1 Å². The smallest absolute Gasteiger partial charge is 0.128 e. The Hall–Kier alpha value is -0.410. The lowest BCUT2D eigenvalue weighted by Crippen LogP contribution is -2.27. The van der Waals surface area contributed by atoms with Crippen molar-refractivity contribution in [1.29, 1.82) is 0 Å². The summed E-state index contributed by atoms with van der Waals surface area (Å²) in [5.74, 6) is -0.130. The molecule has 0 bridgehead atoms. The zero-order chi connectivity index (χ0) is 12.5. The van der Waals surface area contributed by atoms with Gasteiger partial charge < -0.3 is 5.32 Å². The molecular formula is C14H19BrFN. The summed E-state index contributed by atoms with van der Waals surface area (Å²) in [6.07, 6.45) is 3.84. The average Bonchev–Trinajstić information content (AvgIpc) is 3.10. The van der Waals surface area contributed by atoms with Crippen LogP contribution in [0.25, 0.3) is 0 Å². The van der Waals surface area contributed by atoms with Gasteiger partial charge in [-0.1, -0.05) is 22.9 Å². The first-order valence-electron chi connectivity index (χ1n) is 6.25. The molecule has 1 fully saturated rings. The summed E-state index contributed by atoms with van der Waals surface area (Å²) in [7, 11) is 0. The zero-order valence-electron chi connectivity index (χ0n) is 10.4. The third kappa shape index (κ3) is 3.08. The molecule has 1 unspecified atom stereocenters. The monoisotopic (exact) mass is 299 g/mol. The van der Waals surface area contributed by atoms with Gasteiger partial charge in [-0.3, -0.25) is 0 Å². The third-order valence-corrected chi connectivity index (χ3v) is 4.41. The Bertz CT molecular complexity index is 401. The normalized spacial score (nSPS) is 19.1. The van der Waals surface area contributed by atoms with Crippen LogP contribution in [0.4, 0.5) is 4.39 Å². The Balaban J connectivity index is 1.99. The van der Waals surface area contributed by atoms with Crippen LogP contribution < -0.4 is 5.32 Å². The molecule has 0 amide bonds. The quantitative estimate of drug-likeness (QED) is 0.848. The fraction of sp³-hybridized carbons (Fsp3) is 0.571. The first-order chi connectivity index (χ1) is 8.06. The molecule has 1 aliphatic rings. The molecule has 17 heavy (non-hydrogen) atoms. The molecular weight excluding hydrogens is 281 g/mol. The lowest BCUT2D eigenvalue weighted by atomic mass is 10.0. The van der Waals surface area contributed by atoms with Crippen molar-refractivity contribution < 1.29 is 4.39 Å². The maximum Gasteiger partial charge on any atom is 0.128 e. The minimum Gasteiger partial charge on any atom is -0.310 e. The minimum absolute atomic E-state index is 0.0662. The highest BCUT2D eigenvalue weighted by Crippen LogP contribution is 2.48. The highest BCUT2D eigenvalue weighted by atomic mass is 79.9. The van der Waals surface area contributed by atoms with Crippen molar-refractivity contribution in [2.24, 2.45) is 5.41 Å². The summed E-state index contributed by atoms with van der Waals surface area (Å²) < 4.78 is 14.6. The lowest BCUT2D eigenvalue weighted by molar-refractivity contribution is 0.409. The molecule has 1 atom stereocenters. The molecule has 94 valence electrons. The standard InChI is InChI=1S/C14H19BrFN/c1-3-14(6-7-14)9-17-10(2)12-8-11(15)4-5-13(12)16/h4-5,8,10,17H,3,6-7,9H2,1-2H3. The number of nitrogens with one attached hydrogen (secondary N) is 1. The molecule has 0 aliphatic heterocycles. The maximum atomic E-state index is 13.7. The van der Waals surface area contributed by atoms with E-state index in [0.29, 0.717) is 5.41 Å². The second kappa shape index (κ2) is 5.07. The van der Waals surface area contributed by atoms with Crippen LogP contribution in [-0.2, 0) is 0 Å². The largest absolute Gasteiger partial charge is 0.310 e. The van der Waals surface area contributed by atoms with Gasteiger partial charge in [0.15, 0.2) is 0 Å². The van der Waals surface area contributed by atoms with Crippen molar-refractivity contribution in [3.8, 4) is 0 Å².